The summed E-state index contributed by atoms with van der Waals surface area (Å²) in [5.74, 6) is -3.82. The summed E-state index contributed by atoms with van der Waals surface area (Å²) in [5, 5.41) is 13.1. The number of fused-ring (bicyclic) bond motifs is 9. The van der Waals surface area contributed by atoms with E-state index in [0.717, 1.165) is 36.2 Å². The lowest BCUT2D eigenvalue weighted by Gasteiger charge is -2.43. The van der Waals surface area contributed by atoms with Gasteiger partial charge in [-0.15, -0.1) is 11.8 Å². The third-order valence-electron chi connectivity index (χ3n) is 9.23. The molecule has 0 radical (unpaired) electrons. The Morgan fingerprint density at radius 3 is 2.56 bits per heavy atom. The molecule has 13 heteroatoms. The van der Waals surface area contributed by atoms with E-state index < -0.39 is 35.7 Å². The van der Waals surface area contributed by atoms with Gasteiger partial charge in [0.1, 0.15) is 11.8 Å². The van der Waals surface area contributed by atoms with Crippen molar-refractivity contribution in [2.24, 2.45) is 29.6 Å². The van der Waals surface area contributed by atoms with Crippen molar-refractivity contribution in [2.45, 2.75) is 35.6 Å². The van der Waals surface area contributed by atoms with Crippen LogP contribution in [0.5, 0.6) is 5.75 Å². The molecule has 3 amide bonds. The van der Waals surface area contributed by atoms with Crippen LogP contribution in [0.3, 0.4) is 0 Å². The summed E-state index contributed by atoms with van der Waals surface area (Å²) in [7, 11) is 0. The standard InChI is InChI=1S/C30H26BrN3O7S2/c1-12(29(38)39)34-27(36)22-16-10-17(23(22)28(34)37)24-21(16)20(25-26(42-24)33-30(40)43-25)15-9-13(31)7-8-18(15)41-11-19(35)32-14-5-3-2-4-6-14/h2-9,12,16-17,20-24H,10-11H2,1H3,(H,32,35)(H,33,40)(H,38,39)/t12?,16?,17?,20-,21?,22?,23?,24?/m1/s1. The maximum Gasteiger partial charge on any atom is 0.326 e. The number of anilines is 1. The Balaban J connectivity index is 1.25. The summed E-state index contributed by atoms with van der Waals surface area (Å²) in [6.45, 7) is 1.13. The Morgan fingerprint density at radius 2 is 1.84 bits per heavy atom. The third-order valence-corrected chi connectivity index (χ3v) is 12.3. The number of H-pyrrole nitrogens is 1. The van der Waals surface area contributed by atoms with Crippen LogP contribution in [0.2, 0.25) is 0 Å². The first-order valence-corrected chi connectivity index (χ1v) is 16.4. The predicted molar refractivity (Wildman–Crippen MR) is 162 cm³/mol. The van der Waals surface area contributed by atoms with E-state index in [2.05, 4.69) is 26.2 Å². The number of carbonyl (C=O) groups is 4. The van der Waals surface area contributed by atoms with Crippen molar-refractivity contribution in [2.75, 3.05) is 11.9 Å². The summed E-state index contributed by atoms with van der Waals surface area (Å²) >= 11 is 6.25. The van der Waals surface area contributed by atoms with Crippen LogP contribution >= 0.6 is 39.0 Å². The lowest BCUT2D eigenvalue weighted by Crippen LogP contribution is -2.44. The highest BCUT2D eigenvalue weighted by Gasteiger charge is 2.70. The highest BCUT2D eigenvalue weighted by molar-refractivity contribution is 9.10. The second-order valence-corrected chi connectivity index (χ2v) is 14.5. The van der Waals surface area contributed by atoms with E-state index in [-0.39, 0.29) is 46.3 Å². The Hall–Kier alpha value is -3.42. The van der Waals surface area contributed by atoms with Gasteiger partial charge < -0.3 is 20.1 Å². The molecular weight excluding hydrogens is 658 g/mol. The molecular formula is C30H26BrN3O7S2. The van der Waals surface area contributed by atoms with Gasteiger partial charge in [0.2, 0.25) is 11.8 Å². The van der Waals surface area contributed by atoms with Crippen molar-refractivity contribution in [3.8, 4) is 5.75 Å². The van der Waals surface area contributed by atoms with E-state index >= 15 is 0 Å². The van der Waals surface area contributed by atoms with Gasteiger partial charge in [-0.2, -0.15) is 0 Å². The quantitative estimate of drug-likeness (QED) is 0.315. The van der Waals surface area contributed by atoms with Crippen LogP contribution in [-0.2, 0) is 19.2 Å². The lowest BCUT2D eigenvalue weighted by molar-refractivity contribution is -0.154. The van der Waals surface area contributed by atoms with Gasteiger partial charge in [-0.1, -0.05) is 45.5 Å². The smallest absolute Gasteiger partial charge is 0.326 e. The first kappa shape index (κ1) is 28.4. The molecule has 4 aliphatic rings. The zero-order valence-electron chi connectivity index (χ0n) is 22.7. The number of thioether (sulfide) groups is 1. The number of aliphatic carboxylic acids is 1. The van der Waals surface area contributed by atoms with Gasteiger partial charge in [0, 0.05) is 31.8 Å². The number of carbonyl (C=O) groups excluding carboxylic acids is 3. The molecule has 2 saturated carbocycles. The molecule has 3 aromatic rings. The summed E-state index contributed by atoms with van der Waals surface area (Å²) in [5.41, 5.74) is 1.44. The minimum atomic E-state index is -1.24. The third kappa shape index (κ3) is 4.54. The molecule has 3 N–H and O–H groups in total. The molecule has 8 atom stereocenters. The predicted octanol–water partition coefficient (Wildman–Crippen LogP) is 4.16. The molecule has 222 valence electrons. The molecule has 3 heterocycles. The van der Waals surface area contributed by atoms with Crippen molar-refractivity contribution in [1.29, 1.82) is 0 Å². The number of amides is 3. The highest BCUT2D eigenvalue weighted by atomic mass is 79.9. The number of carboxylic acids is 1. The Morgan fingerprint density at radius 1 is 1.12 bits per heavy atom. The number of rotatable bonds is 7. The number of nitrogens with zero attached hydrogens (tertiary/aromatic N) is 1. The van der Waals surface area contributed by atoms with Crippen molar-refractivity contribution in [1.82, 2.24) is 9.88 Å². The minimum Gasteiger partial charge on any atom is -0.483 e. The van der Waals surface area contributed by atoms with E-state index in [0.29, 0.717) is 17.9 Å². The number of ether oxygens (including phenoxy) is 1. The van der Waals surface area contributed by atoms with Crippen LogP contribution in [0, 0.1) is 29.6 Å². The number of likely N-dealkylation sites (tertiary alicyclic amines) is 1. The van der Waals surface area contributed by atoms with E-state index in [4.69, 9.17) is 4.74 Å². The van der Waals surface area contributed by atoms with E-state index in [1.807, 2.05) is 30.3 Å². The molecule has 1 saturated heterocycles. The molecule has 2 aliphatic carbocycles. The number of para-hydroxylation sites is 1. The number of carboxylic acid groups (broad SMARTS) is 1. The SMILES string of the molecule is CC(C(=O)O)N1C(=O)C2C3CC(C2C1=O)C1C3Sc2[nH]c(=O)sc2[C@@H]1c1cc(Br)ccc1OCC(=O)Nc1ccccc1. The maximum atomic E-state index is 13.7. The normalized spacial score (nSPS) is 29.2. The average molecular weight is 685 g/mol. The van der Waals surface area contributed by atoms with Crippen LogP contribution in [0.1, 0.15) is 29.7 Å². The van der Waals surface area contributed by atoms with Gasteiger partial charge in [0.15, 0.2) is 6.61 Å². The number of nitrogens with one attached hydrogen (secondary N) is 2. The molecule has 2 aliphatic heterocycles. The van der Waals surface area contributed by atoms with Crippen LogP contribution in [0.15, 0.2) is 62.8 Å². The molecule has 7 rings (SSSR count). The fraction of sp³-hybridized carbons (Fsp3) is 0.367. The molecule has 10 nitrogen and oxygen atoms in total. The number of hydrogen-bond acceptors (Lipinski definition) is 8. The second-order valence-electron chi connectivity index (χ2n) is 11.4. The van der Waals surface area contributed by atoms with Crippen molar-refractivity contribution in [3.05, 3.63) is 73.1 Å². The molecule has 43 heavy (non-hydrogen) atoms. The zero-order chi connectivity index (χ0) is 30.2. The zero-order valence-corrected chi connectivity index (χ0v) is 25.9. The van der Waals surface area contributed by atoms with Crippen LogP contribution in [0.25, 0.3) is 0 Å². The van der Waals surface area contributed by atoms with E-state index in [9.17, 15) is 29.1 Å². The number of halogens is 1. The molecule has 2 aromatic carbocycles. The van der Waals surface area contributed by atoms with Crippen LogP contribution < -0.4 is 14.9 Å². The summed E-state index contributed by atoms with van der Waals surface area (Å²) in [6.07, 6.45) is 0.670. The number of thiazole rings is 1. The fourth-order valence-electron chi connectivity index (χ4n) is 7.64. The minimum absolute atomic E-state index is 0.0703. The van der Waals surface area contributed by atoms with Crippen molar-refractivity contribution < 1.29 is 29.0 Å². The van der Waals surface area contributed by atoms with Gasteiger partial charge in [-0.3, -0.25) is 24.1 Å². The molecule has 1 aromatic heterocycles. The van der Waals surface area contributed by atoms with Crippen LogP contribution in [-0.4, -0.2) is 56.6 Å². The monoisotopic (exact) mass is 683 g/mol. The van der Waals surface area contributed by atoms with Gasteiger partial charge in [-0.25, -0.2) is 4.79 Å². The van der Waals surface area contributed by atoms with Gasteiger partial charge in [0.25, 0.3) is 5.91 Å². The fourth-order valence-corrected chi connectivity index (χ4v) is 10.9. The summed E-state index contributed by atoms with van der Waals surface area (Å²) in [6, 6.07) is 13.4. The number of imide groups is 1. The van der Waals surface area contributed by atoms with Crippen molar-refractivity contribution >= 4 is 68.4 Å². The average Bonchev–Trinajstić information content (AvgIpc) is 3.71. The lowest BCUT2D eigenvalue weighted by atomic mass is 9.68. The Kier molecular flexibility index (Phi) is 7.01. The number of aromatic nitrogens is 1. The first-order valence-electron chi connectivity index (χ1n) is 13.9. The number of benzene rings is 2. The van der Waals surface area contributed by atoms with Crippen molar-refractivity contribution in [3.63, 3.8) is 0 Å². The Bertz CT molecular complexity index is 1730. The first-order chi connectivity index (χ1) is 20.6. The summed E-state index contributed by atoms with van der Waals surface area (Å²) < 4.78 is 6.90. The highest BCUT2D eigenvalue weighted by Crippen LogP contribution is 2.69. The van der Waals surface area contributed by atoms with E-state index in [1.54, 1.807) is 30.0 Å². The van der Waals surface area contributed by atoms with Gasteiger partial charge in [-0.05, 0) is 61.4 Å². The molecule has 0 spiro atoms. The summed E-state index contributed by atoms with van der Waals surface area (Å²) in [4.78, 5) is 68.9. The maximum absolute atomic E-state index is 13.7. The van der Waals surface area contributed by atoms with Crippen LogP contribution in [0.4, 0.5) is 5.69 Å². The van der Waals surface area contributed by atoms with Gasteiger partial charge in [0.05, 0.1) is 16.9 Å². The number of hydrogen-bond donors (Lipinski definition) is 3. The Labute approximate surface area is 262 Å². The largest absolute Gasteiger partial charge is 0.483 e. The topological polar surface area (TPSA) is 146 Å². The molecule has 7 unspecified atom stereocenters. The molecule has 2 bridgehead atoms. The molecule has 3 fully saturated rings. The van der Waals surface area contributed by atoms with Gasteiger partial charge >= 0.3 is 10.8 Å². The van der Waals surface area contributed by atoms with E-state index in [1.165, 1.54) is 6.92 Å². The second kappa shape index (κ2) is 10.6. The number of aromatic amines is 1.